The molecule has 250 valence electrons. The summed E-state index contributed by atoms with van der Waals surface area (Å²) in [6, 6.07) is 60.4. The third-order valence-electron chi connectivity index (χ3n) is 10.9. The molecule has 53 heavy (non-hydrogen) atoms. The molecule has 9 aromatic rings. The van der Waals surface area contributed by atoms with E-state index in [1.807, 2.05) is 30.5 Å². The molecule has 0 aliphatic heterocycles. The fraction of sp³-hybridized carbons (Fsp3) is 0.0600. The second-order valence-electron chi connectivity index (χ2n) is 14.4. The van der Waals surface area contributed by atoms with Gasteiger partial charge in [0.25, 0.3) is 0 Å². The lowest BCUT2D eigenvalue weighted by molar-refractivity contribution is 0.661. The van der Waals surface area contributed by atoms with Crippen LogP contribution < -0.4 is 0 Å². The van der Waals surface area contributed by atoms with Gasteiger partial charge >= 0.3 is 0 Å². The molecule has 1 aliphatic rings. The number of pyridine rings is 1. The molecule has 0 radical (unpaired) electrons. The van der Waals surface area contributed by atoms with Gasteiger partial charge in [-0.2, -0.15) is 0 Å². The minimum atomic E-state index is -0.135. The zero-order valence-electron chi connectivity index (χ0n) is 29.6. The maximum atomic E-state index is 5.31. The summed E-state index contributed by atoms with van der Waals surface area (Å²) in [4.78, 5) is 15.4. The van der Waals surface area contributed by atoms with E-state index in [1.54, 1.807) is 0 Å². The summed E-state index contributed by atoms with van der Waals surface area (Å²) in [6.45, 7) is 4.71. The average Bonchev–Trinajstić information content (AvgIpc) is 3.45. The number of aromatic nitrogens is 3. The third kappa shape index (κ3) is 5.16. The van der Waals surface area contributed by atoms with Crippen molar-refractivity contribution in [1.29, 1.82) is 0 Å². The highest BCUT2D eigenvalue weighted by Crippen LogP contribution is 2.54. The van der Waals surface area contributed by atoms with Crippen LogP contribution in [0, 0.1) is 0 Å². The Bertz CT molecular complexity index is 2870. The molecule has 0 fully saturated rings. The van der Waals surface area contributed by atoms with Crippen LogP contribution in [0.5, 0.6) is 0 Å². The van der Waals surface area contributed by atoms with Crippen LogP contribution in [0.3, 0.4) is 0 Å². The summed E-state index contributed by atoms with van der Waals surface area (Å²) in [5.74, 6) is 0.690. The monoisotopic (exact) mass is 677 g/mol. The van der Waals surface area contributed by atoms with E-state index in [1.165, 1.54) is 38.6 Å². The molecule has 3 nitrogen and oxygen atoms in total. The molecule has 0 unspecified atom stereocenters. The van der Waals surface area contributed by atoms with Crippen LogP contribution in [-0.2, 0) is 5.41 Å². The Hall–Kier alpha value is -6.71. The smallest absolute Gasteiger partial charge is 0.160 e. The molecule has 0 N–H and O–H groups in total. The first-order valence-corrected chi connectivity index (χ1v) is 18.2. The number of para-hydroxylation sites is 1. The molecule has 3 heteroatoms. The number of nitrogens with zero attached hydrogens (tertiary/aromatic N) is 3. The van der Waals surface area contributed by atoms with Crippen LogP contribution in [0.4, 0.5) is 0 Å². The number of fused-ring (bicyclic) bond motifs is 5. The molecule has 0 saturated carbocycles. The standard InChI is InChI=1S/C50H35N3/c1-50(2)43-25-14-24-41(48(43)42-28-33-17-6-7-18-34(33)29-44(42)50)38-21-10-12-23-40(38)47-30-46(52-49(53-47)32-15-4-3-5-16-32)39-22-11-9-20-37(39)36-27-35-19-8-13-26-45(35)51-31-36/h3-31H,1-2H3. The maximum absolute atomic E-state index is 5.31. The molecular weight excluding hydrogens is 643 g/mol. The van der Waals surface area contributed by atoms with E-state index in [0.717, 1.165) is 55.7 Å². The van der Waals surface area contributed by atoms with Gasteiger partial charge < -0.3 is 0 Å². The Labute approximate surface area is 309 Å². The van der Waals surface area contributed by atoms with Crippen molar-refractivity contribution in [2.75, 3.05) is 0 Å². The van der Waals surface area contributed by atoms with Crippen molar-refractivity contribution < 1.29 is 0 Å². The summed E-state index contributed by atoms with van der Waals surface area (Å²) >= 11 is 0. The summed E-state index contributed by atoms with van der Waals surface area (Å²) < 4.78 is 0. The van der Waals surface area contributed by atoms with Gasteiger partial charge in [0.15, 0.2) is 5.82 Å². The van der Waals surface area contributed by atoms with E-state index in [0.29, 0.717) is 5.82 Å². The fourth-order valence-corrected chi connectivity index (χ4v) is 8.25. The van der Waals surface area contributed by atoms with Crippen LogP contribution in [0.1, 0.15) is 25.0 Å². The SMILES string of the molecule is CC1(C)c2cc3ccccc3cc2-c2c(-c3ccccc3-c3cc(-c4ccccc4-c4cnc5ccccc5c4)nc(-c4ccccc4)n3)cccc21. The zero-order valence-corrected chi connectivity index (χ0v) is 29.6. The topological polar surface area (TPSA) is 38.7 Å². The molecule has 0 bridgehead atoms. The molecular formula is C50H35N3. The van der Waals surface area contributed by atoms with Gasteiger partial charge in [-0.15, -0.1) is 0 Å². The minimum Gasteiger partial charge on any atom is -0.256 e. The lowest BCUT2D eigenvalue weighted by atomic mass is 9.81. The number of hydrogen-bond acceptors (Lipinski definition) is 3. The van der Waals surface area contributed by atoms with Crippen LogP contribution in [-0.4, -0.2) is 15.0 Å². The quantitative estimate of drug-likeness (QED) is 0.182. The van der Waals surface area contributed by atoms with Gasteiger partial charge in [-0.1, -0.05) is 153 Å². The van der Waals surface area contributed by atoms with Crippen molar-refractivity contribution >= 4 is 21.7 Å². The van der Waals surface area contributed by atoms with E-state index in [4.69, 9.17) is 15.0 Å². The normalized spacial score (nSPS) is 12.9. The van der Waals surface area contributed by atoms with Gasteiger partial charge in [0.2, 0.25) is 0 Å². The van der Waals surface area contributed by atoms with Crippen molar-refractivity contribution in [3.05, 3.63) is 187 Å². The van der Waals surface area contributed by atoms with Crippen molar-refractivity contribution in [3.8, 4) is 67.3 Å². The Kier molecular flexibility index (Phi) is 7.16. The van der Waals surface area contributed by atoms with E-state index in [9.17, 15) is 0 Å². The lowest BCUT2D eigenvalue weighted by Crippen LogP contribution is -2.14. The zero-order chi connectivity index (χ0) is 35.5. The number of rotatable bonds is 5. The van der Waals surface area contributed by atoms with Crippen molar-refractivity contribution in [2.45, 2.75) is 19.3 Å². The summed E-state index contributed by atoms with van der Waals surface area (Å²) in [7, 11) is 0. The first-order valence-electron chi connectivity index (χ1n) is 18.2. The van der Waals surface area contributed by atoms with Gasteiger partial charge in [-0.05, 0) is 80.0 Å². The van der Waals surface area contributed by atoms with Gasteiger partial charge in [0, 0.05) is 39.3 Å². The van der Waals surface area contributed by atoms with E-state index in [-0.39, 0.29) is 5.41 Å². The average molecular weight is 678 g/mol. The predicted molar refractivity (Wildman–Crippen MR) is 220 cm³/mol. The molecule has 0 saturated heterocycles. The van der Waals surface area contributed by atoms with Crippen LogP contribution in [0.15, 0.2) is 176 Å². The van der Waals surface area contributed by atoms with E-state index in [2.05, 4.69) is 159 Å². The Morgan fingerprint density at radius 2 is 0.981 bits per heavy atom. The van der Waals surface area contributed by atoms with Crippen LogP contribution in [0.25, 0.3) is 89.0 Å². The first-order chi connectivity index (χ1) is 26.0. The van der Waals surface area contributed by atoms with Gasteiger partial charge in [0.05, 0.1) is 16.9 Å². The van der Waals surface area contributed by atoms with Crippen molar-refractivity contribution in [2.24, 2.45) is 0 Å². The summed E-state index contributed by atoms with van der Waals surface area (Å²) in [5.41, 5.74) is 15.5. The molecule has 0 amide bonds. The lowest BCUT2D eigenvalue weighted by Gasteiger charge is -2.22. The largest absolute Gasteiger partial charge is 0.256 e. The van der Waals surface area contributed by atoms with Crippen LogP contribution >= 0.6 is 0 Å². The predicted octanol–water partition coefficient (Wildman–Crippen LogP) is 12.8. The molecule has 1 aliphatic carbocycles. The van der Waals surface area contributed by atoms with E-state index >= 15 is 0 Å². The Balaban J connectivity index is 1.19. The number of benzene rings is 7. The van der Waals surface area contributed by atoms with Crippen LogP contribution in [0.2, 0.25) is 0 Å². The number of hydrogen-bond donors (Lipinski definition) is 0. The highest BCUT2D eigenvalue weighted by molar-refractivity contribution is 6.01. The third-order valence-corrected chi connectivity index (χ3v) is 10.9. The van der Waals surface area contributed by atoms with E-state index < -0.39 is 0 Å². The van der Waals surface area contributed by atoms with Gasteiger partial charge in [0.1, 0.15) is 0 Å². The molecule has 10 rings (SSSR count). The van der Waals surface area contributed by atoms with Crippen molar-refractivity contribution in [1.82, 2.24) is 15.0 Å². The Morgan fingerprint density at radius 1 is 0.396 bits per heavy atom. The molecule has 7 aromatic carbocycles. The molecule has 2 heterocycles. The minimum absolute atomic E-state index is 0.135. The second-order valence-corrected chi connectivity index (χ2v) is 14.4. The Morgan fingerprint density at radius 3 is 1.74 bits per heavy atom. The maximum Gasteiger partial charge on any atom is 0.160 e. The van der Waals surface area contributed by atoms with Crippen molar-refractivity contribution in [3.63, 3.8) is 0 Å². The molecule has 0 spiro atoms. The summed E-state index contributed by atoms with van der Waals surface area (Å²) in [5, 5.41) is 3.64. The molecule has 0 atom stereocenters. The fourth-order valence-electron chi connectivity index (χ4n) is 8.25. The highest BCUT2D eigenvalue weighted by Gasteiger charge is 2.37. The first kappa shape index (κ1) is 31.1. The second kappa shape index (κ2) is 12.2. The highest BCUT2D eigenvalue weighted by atomic mass is 14.9. The summed E-state index contributed by atoms with van der Waals surface area (Å²) in [6.07, 6.45) is 1.97. The van der Waals surface area contributed by atoms with Gasteiger partial charge in [-0.25, -0.2) is 9.97 Å². The van der Waals surface area contributed by atoms with Gasteiger partial charge in [-0.3, -0.25) is 4.98 Å². The molecule has 2 aromatic heterocycles.